The molecular formula is C14H23N3O3S2. The molecule has 1 aromatic rings. The molecule has 2 saturated heterocycles. The Hall–Kier alpha value is -0.700. The van der Waals surface area contributed by atoms with Crippen molar-refractivity contribution in [1.29, 1.82) is 0 Å². The third-order valence-corrected chi connectivity index (χ3v) is 7.06. The van der Waals surface area contributed by atoms with Crippen molar-refractivity contribution in [3.05, 3.63) is 11.6 Å². The molecule has 0 saturated carbocycles. The lowest BCUT2D eigenvalue weighted by Crippen LogP contribution is -2.50. The zero-order chi connectivity index (χ0) is 15.6. The molecule has 0 radical (unpaired) electrons. The van der Waals surface area contributed by atoms with Gasteiger partial charge in [-0.2, -0.15) is 4.31 Å². The summed E-state index contributed by atoms with van der Waals surface area (Å²) in [4.78, 5) is 4.24. The zero-order valence-corrected chi connectivity index (χ0v) is 14.5. The smallest absolute Gasteiger partial charge is 0.214 e. The summed E-state index contributed by atoms with van der Waals surface area (Å²) in [5, 5.41) is 6.22. The molecule has 0 amide bonds. The average Bonchev–Trinajstić information content (AvgIpc) is 3.10. The molecule has 2 fully saturated rings. The number of anilines is 1. The fourth-order valence-electron chi connectivity index (χ4n) is 3.37. The van der Waals surface area contributed by atoms with Crippen molar-refractivity contribution in [3.63, 3.8) is 0 Å². The minimum absolute atomic E-state index is 0.208. The van der Waals surface area contributed by atoms with E-state index in [4.69, 9.17) is 4.74 Å². The van der Waals surface area contributed by atoms with Crippen LogP contribution < -0.4 is 5.32 Å². The number of sulfonamides is 1. The SMILES string of the molecule is CCCS(=O)(=O)N1CCC[C@@]2(C[C@H](Nc3nccs3)CO2)C1. The van der Waals surface area contributed by atoms with Gasteiger partial charge >= 0.3 is 0 Å². The largest absolute Gasteiger partial charge is 0.371 e. The number of aromatic nitrogens is 1. The third kappa shape index (κ3) is 3.45. The molecule has 1 aromatic heterocycles. The summed E-state index contributed by atoms with van der Waals surface area (Å²) in [5.74, 6) is 0.226. The third-order valence-electron chi connectivity index (χ3n) is 4.33. The summed E-state index contributed by atoms with van der Waals surface area (Å²) in [6, 6.07) is 0.208. The van der Waals surface area contributed by atoms with E-state index in [0.29, 0.717) is 26.1 Å². The molecular weight excluding hydrogens is 322 g/mol. The van der Waals surface area contributed by atoms with E-state index in [-0.39, 0.29) is 17.4 Å². The monoisotopic (exact) mass is 345 g/mol. The Morgan fingerprint density at radius 1 is 1.59 bits per heavy atom. The first-order valence-corrected chi connectivity index (χ1v) is 10.3. The van der Waals surface area contributed by atoms with Crippen LogP contribution in [0.4, 0.5) is 5.13 Å². The molecule has 2 atom stereocenters. The highest BCUT2D eigenvalue weighted by atomic mass is 32.2. The first-order valence-electron chi connectivity index (χ1n) is 7.81. The number of hydrogen-bond acceptors (Lipinski definition) is 6. The molecule has 0 bridgehead atoms. The van der Waals surface area contributed by atoms with Crippen molar-refractivity contribution in [2.45, 2.75) is 44.2 Å². The van der Waals surface area contributed by atoms with Gasteiger partial charge in [-0.3, -0.25) is 0 Å². The predicted molar refractivity (Wildman–Crippen MR) is 87.7 cm³/mol. The molecule has 1 N–H and O–H groups in total. The van der Waals surface area contributed by atoms with E-state index in [9.17, 15) is 8.42 Å². The number of hydrogen-bond donors (Lipinski definition) is 1. The molecule has 22 heavy (non-hydrogen) atoms. The maximum atomic E-state index is 12.3. The topological polar surface area (TPSA) is 71.5 Å². The van der Waals surface area contributed by atoms with E-state index in [1.807, 2.05) is 12.3 Å². The van der Waals surface area contributed by atoms with E-state index in [2.05, 4.69) is 10.3 Å². The van der Waals surface area contributed by atoms with Crippen molar-refractivity contribution in [3.8, 4) is 0 Å². The molecule has 8 heteroatoms. The molecule has 0 aliphatic carbocycles. The van der Waals surface area contributed by atoms with Crippen LogP contribution in [0.1, 0.15) is 32.6 Å². The number of piperidine rings is 1. The van der Waals surface area contributed by atoms with Crippen molar-refractivity contribution in [2.75, 3.05) is 30.8 Å². The van der Waals surface area contributed by atoms with Crippen LogP contribution in [0.2, 0.25) is 0 Å². The Balaban J connectivity index is 1.64. The highest BCUT2D eigenvalue weighted by molar-refractivity contribution is 7.89. The van der Waals surface area contributed by atoms with Crippen LogP contribution in [0, 0.1) is 0 Å². The number of nitrogens with one attached hydrogen (secondary N) is 1. The number of thiazole rings is 1. The van der Waals surface area contributed by atoms with Gasteiger partial charge in [0.25, 0.3) is 0 Å². The first kappa shape index (κ1) is 16.2. The van der Waals surface area contributed by atoms with Crippen LogP contribution in [-0.2, 0) is 14.8 Å². The van der Waals surface area contributed by atoms with Crippen molar-refractivity contribution in [1.82, 2.24) is 9.29 Å². The first-order chi connectivity index (χ1) is 10.5. The predicted octanol–water partition coefficient (Wildman–Crippen LogP) is 1.92. The molecule has 124 valence electrons. The second kappa shape index (κ2) is 6.43. The van der Waals surface area contributed by atoms with Crippen LogP contribution in [0.3, 0.4) is 0 Å². The molecule has 0 unspecified atom stereocenters. The molecule has 0 aromatic carbocycles. The van der Waals surface area contributed by atoms with Gasteiger partial charge in [-0.05, 0) is 19.3 Å². The Morgan fingerprint density at radius 2 is 2.45 bits per heavy atom. The van der Waals surface area contributed by atoms with Gasteiger partial charge in [0, 0.05) is 31.1 Å². The quantitative estimate of drug-likeness (QED) is 0.883. The lowest BCUT2D eigenvalue weighted by Gasteiger charge is -2.39. The van der Waals surface area contributed by atoms with E-state index >= 15 is 0 Å². The summed E-state index contributed by atoms with van der Waals surface area (Å²) in [5.41, 5.74) is -0.325. The van der Waals surface area contributed by atoms with Gasteiger partial charge in [0.1, 0.15) is 0 Å². The Kier molecular flexibility index (Phi) is 4.72. The van der Waals surface area contributed by atoms with Gasteiger partial charge in [-0.1, -0.05) is 6.92 Å². The molecule has 3 heterocycles. The Bertz CT molecular complexity index is 590. The van der Waals surface area contributed by atoms with Gasteiger partial charge < -0.3 is 10.1 Å². The van der Waals surface area contributed by atoms with E-state index < -0.39 is 10.0 Å². The zero-order valence-electron chi connectivity index (χ0n) is 12.8. The van der Waals surface area contributed by atoms with Crippen molar-refractivity contribution < 1.29 is 13.2 Å². The van der Waals surface area contributed by atoms with Gasteiger partial charge in [0.15, 0.2) is 5.13 Å². The van der Waals surface area contributed by atoms with Gasteiger partial charge in [0.2, 0.25) is 10.0 Å². The fourth-order valence-corrected chi connectivity index (χ4v) is 5.59. The summed E-state index contributed by atoms with van der Waals surface area (Å²) in [6.45, 7) is 3.63. The van der Waals surface area contributed by atoms with Crippen LogP contribution in [0.5, 0.6) is 0 Å². The second-order valence-electron chi connectivity index (χ2n) is 6.13. The van der Waals surface area contributed by atoms with E-state index in [1.165, 1.54) is 0 Å². The number of rotatable bonds is 5. The highest BCUT2D eigenvalue weighted by Crippen LogP contribution is 2.36. The minimum Gasteiger partial charge on any atom is -0.371 e. The molecule has 1 spiro atoms. The molecule has 2 aliphatic rings. The summed E-state index contributed by atoms with van der Waals surface area (Å²) >= 11 is 1.57. The number of nitrogens with zero attached hydrogens (tertiary/aromatic N) is 2. The Morgan fingerprint density at radius 3 is 3.18 bits per heavy atom. The summed E-state index contributed by atoms with van der Waals surface area (Å²) in [7, 11) is -3.14. The lowest BCUT2D eigenvalue weighted by molar-refractivity contribution is -0.0329. The normalized spacial score (nSPS) is 30.0. The second-order valence-corrected chi connectivity index (χ2v) is 9.11. The van der Waals surface area contributed by atoms with Gasteiger partial charge in [-0.25, -0.2) is 13.4 Å². The minimum atomic E-state index is -3.14. The van der Waals surface area contributed by atoms with Gasteiger partial charge in [-0.15, -0.1) is 11.3 Å². The molecule has 6 nitrogen and oxygen atoms in total. The summed E-state index contributed by atoms with van der Waals surface area (Å²) in [6.07, 6.45) is 5.07. The van der Waals surface area contributed by atoms with Crippen LogP contribution in [0.25, 0.3) is 0 Å². The maximum Gasteiger partial charge on any atom is 0.214 e. The Labute approximate surface area is 135 Å². The fraction of sp³-hybridized carbons (Fsp3) is 0.786. The van der Waals surface area contributed by atoms with E-state index in [1.54, 1.807) is 21.8 Å². The van der Waals surface area contributed by atoms with Gasteiger partial charge in [0.05, 0.1) is 24.0 Å². The standard InChI is InChI=1S/C14H23N3O3S2/c1-2-8-22(18,19)17-6-3-4-14(11-17)9-12(10-20-14)16-13-15-5-7-21-13/h5,7,12H,2-4,6,8-11H2,1H3,(H,15,16)/t12-,14+/m0/s1. The number of ether oxygens (including phenoxy) is 1. The average molecular weight is 345 g/mol. The maximum absolute atomic E-state index is 12.3. The molecule has 3 rings (SSSR count). The lowest BCUT2D eigenvalue weighted by atomic mass is 9.90. The van der Waals surface area contributed by atoms with Crippen LogP contribution >= 0.6 is 11.3 Å². The van der Waals surface area contributed by atoms with Crippen molar-refractivity contribution in [2.24, 2.45) is 0 Å². The van der Waals surface area contributed by atoms with Crippen LogP contribution in [-0.4, -0.2) is 54.8 Å². The van der Waals surface area contributed by atoms with E-state index in [0.717, 1.165) is 24.4 Å². The highest BCUT2D eigenvalue weighted by Gasteiger charge is 2.45. The summed E-state index contributed by atoms with van der Waals surface area (Å²) < 4.78 is 32.3. The van der Waals surface area contributed by atoms with Crippen LogP contribution in [0.15, 0.2) is 11.6 Å². The van der Waals surface area contributed by atoms with Crippen molar-refractivity contribution >= 4 is 26.5 Å². The molecule has 2 aliphatic heterocycles.